The molecule has 1 rings (SSSR count). The molecule has 0 aromatic rings. The molecule has 1 amide bonds. The molecule has 0 aromatic carbocycles. The lowest BCUT2D eigenvalue weighted by Crippen LogP contribution is -2.49. The van der Waals surface area contributed by atoms with E-state index >= 15 is 0 Å². The number of carbonyl (C=O) groups excluding carboxylic acids is 1. The largest absolute Gasteiger partial charge is 0.343 e. The van der Waals surface area contributed by atoms with Gasteiger partial charge >= 0.3 is 0 Å². The van der Waals surface area contributed by atoms with Gasteiger partial charge in [0.05, 0.1) is 5.92 Å². The van der Waals surface area contributed by atoms with Gasteiger partial charge in [-0.2, -0.15) is 0 Å². The highest BCUT2D eigenvalue weighted by Gasteiger charge is 2.30. The Morgan fingerprint density at radius 2 is 2.27 bits per heavy atom. The Hall–Kier alpha value is -0.570. The maximum absolute atomic E-state index is 12.2. The van der Waals surface area contributed by atoms with Crippen LogP contribution in [0.3, 0.4) is 0 Å². The zero-order chi connectivity index (χ0) is 11.4. The highest BCUT2D eigenvalue weighted by Crippen LogP contribution is 2.19. The molecule has 1 N–H and O–H groups in total. The molecular weight excluding hydrogens is 188 g/mol. The number of nitrogens with one attached hydrogen (secondary N) is 1. The van der Waals surface area contributed by atoms with Gasteiger partial charge in [-0.1, -0.05) is 6.92 Å². The van der Waals surface area contributed by atoms with Gasteiger partial charge in [0.2, 0.25) is 5.91 Å². The Balaban J connectivity index is 2.57. The molecule has 0 aliphatic carbocycles. The van der Waals surface area contributed by atoms with Crippen LogP contribution in [0.5, 0.6) is 0 Å². The normalized spacial score (nSPS) is 28.5. The number of rotatable bonds is 3. The van der Waals surface area contributed by atoms with E-state index in [0.717, 1.165) is 25.8 Å². The van der Waals surface area contributed by atoms with Crippen LogP contribution >= 0.6 is 0 Å². The van der Waals surface area contributed by atoms with Crippen molar-refractivity contribution in [1.82, 2.24) is 10.2 Å². The number of amides is 1. The second kappa shape index (κ2) is 5.50. The lowest BCUT2D eigenvalue weighted by atomic mass is 9.90. The Morgan fingerprint density at radius 1 is 1.60 bits per heavy atom. The van der Waals surface area contributed by atoms with Crippen LogP contribution in [0.2, 0.25) is 0 Å². The zero-order valence-electron chi connectivity index (χ0n) is 10.4. The van der Waals surface area contributed by atoms with Gasteiger partial charge < -0.3 is 10.2 Å². The van der Waals surface area contributed by atoms with Crippen LogP contribution in [-0.4, -0.2) is 36.5 Å². The van der Waals surface area contributed by atoms with Crippen molar-refractivity contribution in [3.63, 3.8) is 0 Å². The SMILES string of the molecule is CCC(C)N(C)C(=O)[C@@H]1CCCN[C@@H]1C. The zero-order valence-corrected chi connectivity index (χ0v) is 10.4. The van der Waals surface area contributed by atoms with E-state index in [2.05, 4.69) is 26.1 Å². The molecule has 3 heteroatoms. The van der Waals surface area contributed by atoms with Crippen molar-refractivity contribution in [2.45, 2.75) is 52.1 Å². The molecule has 3 nitrogen and oxygen atoms in total. The summed E-state index contributed by atoms with van der Waals surface area (Å²) >= 11 is 0. The summed E-state index contributed by atoms with van der Waals surface area (Å²) < 4.78 is 0. The monoisotopic (exact) mass is 212 g/mol. The Labute approximate surface area is 93.2 Å². The fourth-order valence-corrected chi connectivity index (χ4v) is 2.13. The summed E-state index contributed by atoms with van der Waals surface area (Å²) in [6.07, 6.45) is 3.18. The molecule has 0 bridgehead atoms. The average molecular weight is 212 g/mol. The Kier molecular flexibility index (Phi) is 4.58. The van der Waals surface area contributed by atoms with Crippen molar-refractivity contribution in [3.8, 4) is 0 Å². The Morgan fingerprint density at radius 3 is 2.80 bits per heavy atom. The summed E-state index contributed by atoms with van der Waals surface area (Å²) in [5.41, 5.74) is 0. The minimum atomic E-state index is 0.178. The molecule has 1 saturated heterocycles. The molecule has 1 aliphatic rings. The van der Waals surface area contributed by atoms with Crippen LogP contribution in [-0.2, 0) is 4.79 Å². The highest BCUT2D eigenvalue weighted by atomic mass is 16.2. The summed E-state index contributed by atoms with van der Waals surface area (Å²) in [7, 11) is 1.93. The smallest absolute Gasteiger partial charge is 0.227 e. The highest BCUT2D eigenvalue weighted by molar-refractivity contribution is 5.79. The molecule has 0 saturated carbocycles. The van der Waals surface area contributed by atoms with Gasteiger partial charge in [0.25, 0.3) is 0 Å². The van der Waals surface area contributed by atoms with Crippen molar-refractivity contribution in [2.75, 3.05) is 13.6 Å². The van der Waals surface area contributed by atoms with Crippen LogP contribution in [0.25, 0.3) is 0 Å². The number of hydrogen-bond donors (Lipinski definition) is 1. The minimum Gasteiger partial charge on any atom is -0.343 e. The van der Waals surface area contributed by atoms with E-state index in [1.807, 2.05) is 11.9 Å². The molecule has 3 atom stereocenters. The third-order valence-corrected chi connectivity index (χ3v) is 3.68. The molecular formula is C12H24N2O. The van der Waals surface area contributed by atoms with Crippen LogP contribution in [0.15, 0.2) is 0 Å². The topological polar surface area (TPSA) is 32.3 Å². The van der Waals surface area contributed by atoms with Gasteiger partial charge in [0, 0.05) is 19.1 Å². The maximum Gasteiger partial charge on any atom is 0.227 e. The predicted octanol–water partition coefficient (Wildman–Crippen LogP) is 1.63. The number of carbonyl (C=O) groups is 1. The van der Waals surface area contributed by atoms with E-state index in [9.17, 15) is 4.79 Å². The van der Waals surface area contributed by atoms with Crippen LogP contribution in [0.4, 0.5) is 0 Å². The van der Waals surface area contributed by atoms with Gasteiger partial charge in [-0.15, -0.1) is 0 Å². The number of hydrogen-bond acceptors (Lipinski definition) is 2. The van der Waals surface area contributed by atoms with Gasteiger partial charge in [-0.05, 0) is 39.7 Å². The van der Waals surface area contributed by atoms with Crippen molar-refractivity contribution < 1.29 is 4.79 Å². The quantitative estimate of drug-likeness (QED) is 0.771. The third kappa shape index (κ3) is 2.94. The van der Waals surface area contributed by atoms with Gasteiger partial charge in [-0.3, -0.25) is 4.79 Å². The van der Waals surface area contributed by atoms with Crippen molar-refractivity contribution in [3.05, 3.63) is 0 Å². The fourth-order valence-electron chi connectivity index (χ4n) is 2.13. The Bertz CT molecular complexity index is 218. The van der Waals surface area contributed by atoms with Gasteiger partial charge in [0.15, 0.2) is 0 Å². The molecule has 1 heterocycles. The van der Waals surface area contributed by atoms with E-state index in [0.29, 0.717) is 18.0 Å². The van der Waals surface area contributed by atoms with E-state index in [-0.39, 0.29) is 5.92 Å². The average Bonchev–Trinajstić information content (AvgIpc) is 2.26. The van der Waals surface area contributed by atoms with Crippen LogP contribution in [0.1, 0.15) is 40.0 Å². The standard InChI is InChI=1S/C12H24N2O/c1-5-9(2)14(4)12(15)11-7-6-8-13-10(11)3/h9-11,13H,5-8H2,1-4H3/t9?,10-,11-/m1/s1. The molecule has 1 unspecified atom stereocenters. The van der Waals surface area contributed by atoms with Crippen LogP contribution in [0, 0.1) is 5.92 Å². The second-order valence-corrected chi connectivity index (χ2v) is 4.70. The van der Waals surface area contributed by atoms with Crippen molar-refractivity contribution >= 4 is 5.91 Å². The molecule has 0 spiro atoms. The summed E-state index contributed by atoms with van der Waals surface area (Å²) in [5, 5.41) is 3.38. The van der Waals surface area contributed by atoms with E-state index in [4.69, 9.17) is 0 Å². The molecule has 15 heavy (non-hydrogen) atoms. The first-order chi connectivity index (χ1) is 7.07. The summed E-state index contributed by atoms with van der Waals surface area (Å²) in [5.74, 6) is 0.488. The fraction of sp³-hybridized carbons (Fsp3) is 0.917. The van der Waals surface area contributed by atoms with Crippen LogP contribution < -0.4 is 5.32 Å². The van der Waals surface area contributed by atoms with E-state index < -0.39 is 0 Å². The lowest BCUT2D eigenvalue weighted by molar-refractivity contribution is -0.137. The molecule has 1 fully saturated rings. The van der Waals surface area contributed by atoms with Gasteiger partial charge in [-0.25, -0.2) is 0 Å². The summed E-state index contributed by atoms with van der Waals surface area (Å²) in [6, 6.07) is 0.685. The summed E-state index contributed by atoms with van der Waals surface area (Å²) in [6.45, 7) is 7.40. The molecule has 1 aliphatic heterocycles. The van der Waals surface area contributed by atoms with E-state index in [1.54, 1.807) is 0 Å². The first-order valence-electron chi connectivity index (χ1n) is 6.08. The van der Waals surface area contributed by atoms with E-state index in [1.165, 1.54) is 0 Å². The lowest BCUT2D eigenvalue weighted by Gasteiger charge is -2.34. The minimum absolute atomic E-state index is 0.178. The molecule has 0 radical (unpaired) electrons. The molecule has 0 aromatic heterocycles. The summed E-state index contributed by atoms with van der Waals surface area (Å²) in [4.78, 5) is 14.1. The van der Waals surface area contributed by atoms with Crippen molar-refractivity contribution in [1.29, 1.82) is 0 Å². The number of piperidine rings is 1. The third-order valence-electron chi connectivity index (χ3n) is 3.68. The van der Waals surface area contributed by atoms with Crippen molar-refractivity contribution in [2.24, 2.45) is 5.92 Å². The second-order valence-electron chi connectivity index (χ2n) is 4.70. The molecule has 88 valence electrons. The van der Waals surface area contributed by atoms with Gasteiger partial charge in [0.1, 0.15) is 0 Å². The first-order valence-corrected chi connectivity index (χ1v) is 6.08. The predicted molar refractivity (Wildman–Crippen MR) is 62.7 cm³/mol. The number of nitrogens with zero attached hydrogens (tertiary/aromatic N) is 1. The maximum atomic E-state index is 12.2. The first kappa shape index (κ1) is 12.5.